The molecule has 3 rings (SSSR count). The Morgan fingerprint density at radius 2 is 2.00 bits per heavy atom. The van der Waals surface area contributed by atoms with Gasteiger partial charge in [-0.1, -0.05) is 32.1 Å². The lowest BCUT2D eigenvalue weighted by Crippen LogP contribution is -2.12. The molecule has 1 aromatic carbocycles. The molecule has 1 aliphatic rings. The molecule has 0 aliphatic heterocycles. The minimum absolute atomic E-state index is 0.0995. The fourth-order valence-electron chi connectivity index (χ4n) is 3.57. The number of aromatic nitrogens is 2. The van der Waals surface area contributed by atoms with E-state index in [1.807, 2.05) is 42.1 Å². The summed E-state index contributed by atoms with van der Waals surface area (Å²) < 4.78 is 7.66. The normalized spacial score (nSPS) is 15.0. The Balaban J connectivity index is 1.37. The van der Waals surface area contributed by atoms with Gasteiger partial charge in [-0.2, -0.15) is 0 Å². The number of benzene rings is 1. The number of carbonyl (C=O) groups is 1. The summed E-state index contributed by atoms with van der Waals surface area (Å²) in [5, 5.41) is 2.97. The Morgan fingerprint density at radius 3 is 2.69 bits per heavy atom. The number of carbonyl (C=O) groups excluding carboxylic acids is 1. The average molecular weight is 355 g/mol. The van der Waals surface area contributed by atoms with Gasteiger partial charge < -0.3 is 14.6 Å². The smallest absolute Gasteiger partial charge is 0.224 e. The Morgan fingerprint density at radius 1 is 1.23 bits per heavy atom. The predicted molar refractivity (Wildman–Crippen MR) is 103 cm³/mol. The number of hydrogen-bond acceptors (Lipinski definition) is 3. The molecule has 0 bridgehead atoms. The van der Waals surface area contributed by atoms with Crippen molar-refractivity contribution in [1.29, 1.82) is 0 Å². The van der Waals surface area contributed by atoms with E-state index in [0.717, 1.165) is 29.6 Å². The number of anilines is 1. The Bertz CT molecular complexity index is 688. The first-order chi connectivity index (χ1) is 12.7. The number of nitrogens with one attached hydrogen (secondary N) is 1. The van der Waals surface area contributed by atoms with Gasteiger partial charge >= 0.3 is 0 Å². The van der Waals surface area contributed by atoms with Gasteiger partial charge in [-0.15, -0.1) is 0 Å². The van der Waals surface area contributed by atoms with Crippen LogP contribution in [0.4, 0.5) is 5.69 Å². The molecule has 0 atom stereocenters. The van der Waals surface area contributed by atoms with Crippen LogP contribution in [-0.2, 0) is 18.4 Å². The molecule has 26 heavy (non-hydrogen) atoms. The fraction of sp³-hybridized carbons (Fsp3) is 0.524. The monoisotopic (exact) mass is 355 g/mol. The lowest BCUT2D eigenvalue weighted by atomic mass is 9.86. The molecule has 0 radical (unpaired) electrons. The summed E-state index contributed by atoms with van der Waals surface area (Å²) in [5.41, 5.74) is 0.817. The second-order valence-electron chi connectivity index (χ2n) is 7.21. The van der Waals surface area contributed by atoms with Crippen molar-refractivity contribution >= 4 is 11.6 Å². The highest BCUT2D eigenvalue weighted by molar-refractivity contribution is 5.90. The number of hydrogen-bond donors (Lipinski definition) is 1. The standard InChI is InChI=1S/C21H29N3O2/c1-24-15-14-22-20(24)16-26-19-12-10-18(11-13-19)23-21(25)9-5-8-17-6-3-2-4-7-17/h10-15,17H,2-9,16H2,1H3,(H,23,25). The summed E-state index contributed by atoms with van der Waals surface area (Å²) in [7, 11) is 1.94. The zero-order valence-corrected chi connectivity index (χ0v) is 15.6. The molecule has 1 fully saturated rings. The quantitative estimate of drug-likeness (QED) is 0.747. The second kappa shape index (κ2) is 9.41. The zero-order valence-electron chi connectivity index (χ0n) is 15.6. The van der Waals surface area contributed by atoms with Crippen LogP contribution in [0.2, 0.25) is 0 Å². The summed E-state index contributed by atoms with van der Waals surface area (Å²) in [4.78, 5) is 16.3. The van der Waals surface area contributed by atoms with E-state index in [2.05, 4.69) is 10.3 Å². The third kappa shape index (κ3) is 5.61. The van der Waals surface area contributed by atoms with Crippen molar-refractivity contribution in [2.24, 2.45) is 13.0 Å². The first-order valence-corrected chi connectivity index (χ1v) is 9.69. The highest BCUT2D eigenvalue weighted by Gasteiger charge is 2.13. The molecule has 0 spiro atoms. The summed E-state index contributed by atoms with van der Waals surface area (Å²) in [6.07, 6.45) is 13.2. The van der Waals surface area contributed by atoms with Crippen LogP contribution >= 0.6 is 0 Å². The van der Waals surface area contributed by atoms with E-state index in [4.69, 9.17) is 4.74 Å². The number of nitrogens with zero attached hydrogens (tertiary/aromatic N) is 2. The molecule has 0 saturated heterocycles. The molecule has 140 valence electrons. The molecule has 1 heterocycles. The van der Waals surface area contributed by atoms with Gasteiger partial charge in [-0.25, -0.2) is 4.98 Å². The Hall–Kier alpha value is -2.30. The van der Waals surface area contributed by atoms with Crippen LogP contribution in [-0.4, -0.2) is 15.5 Å². The summed E-state index contributed by atoms with van der Waals surface area (Å²) in [6, 6.07) is 7.51. The van der Waals surface area contributed by atoms with Crippen molar-refractivity contribution < 1.29 is 9.53 Å². The molecule has 0 unspecified atom stereocenters. The van der Waals surface area contributed by atoms with Crippen molar-refractivity contribution in [1.82, 2.24) is 9.55 Å². The lowest BCUT2D eigenvalue weighted by Gasteiger charge is -2.21. The van der Waals surface area contributed by atoms with E-state index in [9.17, 15) is 4.79 Å². The molecule has 1 saturated carbocycles. The van der Waals surface area contributed by atoms with Gasteiger partial charge in [0.1, 0.15) is 18.2 Å². The number of amides is 1. The van der Waals surface area contributed by atoms with E-state index in [0.29, 0.717) is 13.0 Å². The third-order valence-electron chi connectivity index (χ3n) is 5.17. The first-order valence-electron chi connectivity index (χ1n) is 9.69. The Labute approximate surface area is 155 Å². The highest BCUT2D eigenvalue weighted by Crippen LogP contribution is 2.27. The van der Waals surface area contributed by atoms with Crippen LogP contribution in [0.3, 0.4) is 0 Å². The molecule has 1 amide bonds. The number of aryl methyl sites for hydroxylation is 1. The average Bonchev–Trinajstić information content (AvgIpc) is 3.07. The zero-order chi connectivity index (χ0) is 18.2. The molecule has 5 nitrogen and oxygen atoms in total. The van der Waals surface area contributed by atoms with Gasteiger partial charge in [0.05, 0.1) is 0 Å². The van der Waals surface area contributed by atoms with Crippen molar-refractivity contribution in [3.63, 3.8) is 0 Å². The third-order valence-corrected chi connectivity index (χ3v) is 5.17. The highest BCUT2D eigenvalue weighted by atomic mass is 16.5. The largest absolute Gasteiger partial charge is 0.486 e. The van der Waals surface area contributed by atoms with Gasteiger partial charge in [0.15, 0.2) is 0 Å². The van der Waals surface area contributed by atoms with E-state index in [1.54, 1.807) is 6.20 Å². The van der Waals surface area contributed by atoms with Gasteiger partial charge in [0, 0.05) is 31.5 Å². The summed E-state index contributed by atoms with van der Waals surface area (Å²) in [5.74, 6) is 2.58. The van der Waals surface area contributed by atoms with Crippen molar-refractivity contribution in [3.8, 4) is 5.75 Å². The molecular weight excluding hydrogens is 326 g/mol. The van der Waals surface area contributed by atoms with Crippen LogP contribution in [0.15, 0.2) is 36.7 Å². The molecule has 1 aromatic heterocycles. The maximum atomic E-state index is 12.1. The predicted octanol–water partition coefficient (Wildman–Crippen LogP) is 4.69. The van der Waals surface area contributed by atoms with Crippen LogP contribution in [0.5, 0.6) is 5.75 Å². The van der Waals surface area contributed by atoms with E-state index >= 15 is 0 Å². The van der Waals surface area contributed by atoms with Crippen LogP contribution < -0.4 is 10.1 Å². The van der Waals surface area contributed by atoms with Gasteiger partial charge in [0.25, 0.3) is 0 Å². The van der Waals surface area contributed by atoms with E-state index in [1.165, 1.54) is 38.5 Å². The van der Waals surface area contributed by atoms with E-state index in [-0.39, 0.29) is 5.91 Å². The van der Waals surface area contributed by atoms with Crippen molar-refractivity contribution in [3.05, 3.63) is 42.5 Å². The van der Waals surface area contributed by atoms with Crippen LogP contribution in [0.25, 0.3) is 0 Å². The first kappa shape index (κ1) is 18.5. The maximum Gasteiger partial charge on any atom is 0.224 e. The Kier molecular flexibility index (Phi) is 6.69. The fourth-order valence-corrected chi connectivity index (χ4v) is 3.57. The second-order valence-corrected chi connectivity index (χ2v) is 7.21. The summed E-state index contributed by atoms with van der Waals surface area (Å²) in [6.45, 7) is 0.427. The van der Waals surface area contributed by atoms with Crippen LogP contribution in [0, 0.1) is 5.92 Å². The van der Waals surface area contributed by atoms with Gasteiger partial charge in [-0.05, 0) is 43.0 Å². The molecule has 5 heteroatoms. The van der Waals surface area contributed by atoms with E-state index < -0.39 is 0 Å². The molecule has 2 aromatic rings. The number of imidazole rings is 1. The number of rotatable bonds is 8. The minimum Gasteiger partial charge on any atom is -0.486 e. The maximum absolute atomic E-state index is 12.1. The molecular formula is C21H29N3O2. The van der Waals surface area contributed by atoms with Crippen LogP contribution in [0.1, 0.15) is 57.2 Å². The minimum atomic E-state index is 0.0995. The SMILES string of the molecule is Cn1ccnc1COc1ccc(NC(=O)CCCC2CCCCC2)cc1. The topological polar surface area (TPSA) is 56.1 Å². The van der Waals surface area contributed by atoms with Gasteiger partial charge in [0.2, 0.25) is 5.91 Å². The molecule has 1 N–H and O–H groups in total. The number of ether oxygens (including phenoxy) is 1. The molecule has 1 aliphatic carbocycles. The van der Waals surface area contributed by atoms with Crippen molar-refractivity contribution in [2.45, 2.75) is 58.0 Å². The lowest BCUT2D eigenvalue weighted by molar-refractivity contribution is -0.116. The van der Waals surface area contributed by atoms with Gasteiger partial charge in [-0.3, -0.25) is 4.79 Å². The summed E-state index contributed by atoms with van der Waals surface area (Å²) >= 11 is 0. The van der Waals surface area contributed by atoms with Crippen molar-refractivity contribution in [2.75, 3.05) is 5.32 Å².